The Balaban J connectivity index is 2.04. The highest BCUT2D eigenvalue weighted by Gasteiger charge is 2.11. The Morgan fingerprint density at radius 1 is 1.05 bits per heavy atom. The van der Waals surface area contributed by atoms with Gasteiger partial charge in [0.1, 0.15) is 0 Å². The maximum atomic E-state index is 10.9. The first-order valence-electron chi connectivity index (χ1n) is 6.75. The second-order valence-corrected chi connectivity index (χ2v) is 5.47. The summed E-state index contributed by atoms with van der Waals surface area (Å²) in [7, 11) is 0. The third-order valence-electron chi connectivity index (χ3n) is 3.54. The summed E-state index contributed by atoms with van der Waals surface area (Å²) in [4.78, 5) is 13.8. The Morgan fingerprint density at radius 2 is 1.77 bits per heavy atom. The lowest BCUT2D eigenvalue weighted by Gasteiger charge is -1.99. The molecular formula is C17H13ClN2O2. The third kappa shape index (κ3) is 2.73. The highest BCUT2D eigenvalue weighted by molar-refractivity contribution is 6.30. The molecule has 5 heteroatoms. The Morgan fingerprint density at radius 3 is 2.45 bits per heavy atom. The van der Waals surface area contributed by atoms with Crippen LogP contribution < -0.4 is 0 Å². The minimum atomic E-state index is -0.389. The van der Waals surface area contributed by atoms with Crippen molar-refractivity contribution in [3.63, 3.8) is 0 Å². The number of rotatable bonds is 3. The second kappa shape index (κ2) is 5.66. The van der Waals surface area contributed by atoms with Gasteiger partial charge in [-0.15, -0.1) is 0 Å². The molecule has 3 aromatic rings. The minimum absolute atomic E-state index is 0.0813. The van der Waals surface area contributed by atoms with Crippen molar-refractivity contribution in [1.82, 2.24) is 4.98 Å². The van der Waals surface area contributed by atoms with E-state index < -0.39 is 0 Å². The molecule has 0 aliphatic heterocycles. The van der Waals surface area contributed by atoms with Gasteiger partial charge in [0.2, 0.25) is 0 Å². The predicted octanol–water partition coefficient (Wildman–Crippen LogP) is 5.22. The number of nitrogens with zero attached hydrogens (tertiary/aromatic N) is 1. The third-order valence-corrected chi connectivity index (χ3v) is 3.79. The summed E-state index contributed by atoms with van der Waals surface area (Å²) in [6.45, 7) is 1.98. The quantitative estimate of drug-likeness (QED) is 0.532. The fourth-order valence-corrected chi connectivity index (χ4v) is 2.56. The molecule has 110 valence electrons. The lowest BCUT2D eigenvalue weighted by molar-refractivity contribution is -0.384. The van der Waals surface area contributed by atoms with Crippen LogP contribution in [-0.2, 0) is 0 Å². The number of hydrogen-bond acceptors (Lipinski definition) is 2. The smallest absolute Gasteiger partial charge is 0.270 e. The van der Waals surface area contributed by atoms with E-state index in [2.05, 4.69) is 4.98 Å². The van der Waals surface area contributed by atoms with Crippen LogP contribution in [0.5, 0.6) is 0 Å². The first-order chi connectivity index (χ1) is 10.5. The predicted molar refractivity (Wildman–Crippen MR) is 88.1 cm³/mol. The average Bonchev–Trinajstić information content (AvgIpc) is 2.90. The van der Waals surface area contributed by atoms with Crippen LogP contribution in [0.4, 0.5) is 5.69 Å². The number of benzene rings is 2. The number of aromatic nitrogens is 1. The summed E-state index contributed by atoms with van der Waals surface area (Å²) in [5.74, 6) is 0. The summed E-state index contributed by atoms with van der Waals surface area (Å²) in [6.07, 6.45) is 0. The Bertz CT molecular complexity index is 838. The first-order valence-corrected chi connectivity index (χ1v) is 7.13. The van der Waals surface area contributed by atoms with Gasteiger partial charge in [-0.2, -0.15) is 0 Å². The normalized spacial score (nSPS) is 10.6. The van der Waals surface area contributed by atoms with Crippen LogP contribution in [0.2, 0.25) is 5.02 Å². The molecule has 4 nitrogen and oxygen atoms in total. The molecule has 0 saturated heterocycles. The molecular weight excluding hydrogens is 300 g/mol. The van der Waals surface area contributed by atoms with Crippen LogP contribution in [-0.4, -0.2) is 9.91 Å². The van der Waals surface area contributed by atoms with Crippen molar-refractivity contribution >= 4 is 17.3 Å². The molecule has 3 rings (SSSR count). The van der Waals surface area contributed by atoms with E-state index in [0.29, 0.717) is 5.02 Å². The fraction of sp³-hybridized carbons (Fsp3) is 0.0588. The van der Waals surface area contributed by atoms with E-state index in [4.69, 9.17) is 11.6 Å². The SMILES string of the molecule is Cc1[nH]c(-c2cccc([N+](=O)[O-])c2)cc1-c1ccc(Cl)cc1. The maximum absolute atomic E-state index is 10.9. The second-order valence-electron chi connectivity index (χ2n) is 5.04. The van der Waals surface area contributed by atoms with Gasteiger partial charge in [0, 0.05) is 39.7 Å². The number of aryl methyl sites for hydroxylation is 1. The van der Waals surface area contributed by atoms with Gasteiger partial charge in [0.15, 0.2) is 0 Å². The van der Waals surface area contributed by atoms with E-state index in [-0.39, 0.29) is 10.6 Å². The topological polar surface area (TPSA) is 58.9 Å². The molecule has 0 fully saturated rings. The molecule has 0 atom stereocenters. The number of nitro groups is 1. The molecule has 0 bridgehead atoms. The Labute approximate surface area is 132 Å². The Hall–Kier alpha value is -2.59. The van der Waals surface area contributed by atoms with Gasteiger partial charge >= 0.3 is 0 Å². The van der Waals surface area contributed by atoms with Gasteiger partial charge in [-0.25, -0.2) is 0 Å². The monoisotopic (exact) mass is 312 g/mol. The number of halogens is 1. The van der Waals surface area contributed by atoms with Gasteiger partial charge in [0.25, 0.3) is 5.69 Å². The van der Waals surface area contributed by atoms with Crippen molar-refractivity contribution in [2.45, 2.75) is 6.92 Å². The van der Waals surface area contributed by atoms with E-state index in [0.717, 1.165) is 28.1 Å². The number of H-pyrrole nitrogens is 1. The molecule has 1 aromatic heterocycles. The van der Waals surface area contributed by atoms with E-state index in [1.54, 1.807) is 12.1 Å². The summed E-state index contributed by atoms with van der Waals surface area (Å²) in [5.41, 5.74) is 4.83. The zero-order valence-electron chi connectivity index (χ0n) is 11.8. The lowest BCUT2D eigenvalue weighted by atomic mass is 10.1. The van der Waals surface area contributed by atoms with E-state index in [9.17, 15) is 10.1 Å². The zero-order chi connectivity index (χ0) is 15.7. The first kappa shape index (κ1) is 14.4. The van der Waals surface area contributed by atoms with E-state index in [1.807, 2.05) is 43.3 Å². The summed E-state index contributed by atoms with van der Waals surface area (Å²) < 4.78 is 0. The van der Waals surface area contributed by atoms with Crippen LogP contribution in [0, 0.1) is 17.0 Å². The van der Waals surface area contributed by atoms with Gasteiger partial charge in [-0.05, 0) is 30.7 Å². The van der Waals surface area contributed by atoms with Gasteiger partial charge < -0.3 is 4.98 Å². The highest BCUT2D eigenvalue weighted by Crippen LogP contribution is 2.31. The maximum Gasteiger partial charge on any atom is 0.270 e. The number of nitro benzene ring substituents is 1. The van der Waals surface area contributed by atoms with Gasteiger partial charge in [-0.3, -0.25) is 10.1 Å². The Kier molecular flexibility index (Phi) is 3.69. The average molecular weight is 313 g/mol. The molecule has 0 radical (unpaired) electrons. The van der Waals surface area contributed by atoms with Gasteiger partial charge in [0.05, 0.1) is 4.92 Å². The molecule has 1 N–H and O–H groups in total. The molecule has 0 saturated carbocycles. The number of non-ortho nitro benzene ring substituents is 1. The van der Waals surface area contributed by atoms with Crippen LogP contribution in [0.3, 0.4) is 0 Å². The molecule has 0 aliphatic carbocycles. The number of hydrogen-bond donors (Lipinski definition) is 1. The zero-order valence-corrected chi connectivity index (χ0v) is 12.6. The molecule has 0 amide bonds. The van der Waals surface area contributed by atoms with Crippen LogP contribution >= 0.6 is 11.6 Å². The number of nitrogens with one attached hydrogen (secondary N) is 1. The molecule has 0 unspecified atom stereocenters. The molecule has 2 aromatic carbocycles. The van der Waals surface area contributed by atoms with Crippen molar-refractivity contribution in [3.8, 4) is 22.4 Å². The molecule has 0 spiro atoms. The van der Waals surface area contributed by atoms with E-state index >= 15 is 0 Å². The largest absolute Gasteiger partial charge is 0.358 e. The van der Waals surface area contributed by atoms with Crippen LogP contribution in [0.15, 0.2) is 54.6 Å². The van der Waals surface area contributed by atoms with Crippen molar-refractivity contribution in [2.75, 3.05) is 0 Å². The van der Waals surface area contributed by atoms with Crippen LogP contribution in [0.25, 0.3) is 22.4 Å². The fourth-order valence-electron chi connectivity index (χ4n) is 2.43. The number of aromatic amines is 1. The summed E-state index contributed by atoms with van der Waals surface area (Å²) in [6, 6.07) is 16.2. The molecule has 22 heavy (non-hydrogen) atoms. The standard InChI is InChI=1S/C17H13ClN2O2/c1-11-16(12-5-7-14(18)8-6-12)10-17(19-11)13-3-2-4-15(9-13)20(21)22/h2-10,19H,1H3. The van der Waals surface area contributed by atoms with Crippen molar-refractivity contribution in [2.24, 2.45) is 0 Å². The minimum Gasteiger partial charge on any atom is -0.358 e. The lowest BCUT2D eigenvalue weighted by Crippen LogP contribution is -1.88. The summed E-state index contributed by atoms with van der Waals surface area (Å²) in [5, 5.41) is 11.6. The summed E-state index contributed by atoms with van der Waals surface area (Å²) >= 11 is 5.92. The van der Waals surface area contributed by atoms with Crippen molar-refractivity contribution in [3.05, 3.63) is 75.4 Å². The molecule has 0 aliphatic rings. The highest BCUT2D eigenvalue weighted by atomic mass is 35.5. The van der Waals surface area contributed by atoms with Crippen molar-refractivity contribution < 1.29 is 4.92 Å². The van der Waals surface area contributed by atoms with Crippen molar-refractivity contribution in [1.29, 1.82) is 0 Å². The van der Waals surface area contributed by atoms with E-state index in [1.165, 1.54) is 6.07 Å². The molecule has 1 heterocycles. The van der Waals surface area contributed by atoms with Crippen LogP contribution in [0.1, 0.15) is 5.69 Å². The van der Waals surface area contributed by atoms with Gasteiger partial charge in [-0.1, -0.05) is 35.9 Å².